The molecule has 0 aliphatic carbocycles. The van der Waals surface area contributed by atoms with Crippen molar-refractivity contribution in [3.8, 4) is 0 Å². The molecule has 0 saturated carbocycles. The van der Waals surface area contributed by atoms with Crippen molar-refractivity contribution in [3.05, 3.63) is 18.0 Å². The van der Waals surface area contributed by atoms with Gasteiger partial charge in [-0.25, -0.2) is 0 Å². The van der Waals surface area contributed by atoms with Crippen molar-refractivity contribution in [1.82, 2.24) is 9.78 Å². The molecule has 0 aliphatic heterocycles. The fourth-order valence-electron chi connectivity index (χ4n) is 1.77. The van der Waals surface area contributed by atoms with Gasteiger partial charge in [-0.2, -0.15) is 5.10 Å². The molecule has 2 heteroatoms. The Labute approximate surface area is 87.3 Å². The summed E-state index contributed by atoms with van der Waals surface area (Å²) in [5.41, 5.74) is 1.36. The smallest absolute Gasteiger partial charge is 0.0494 e. The van der Waals surface area contributed by atoms with Crippen LogP contribution in [0.1, 0.15) is 64.6 Å². The molecule has 0 saturated heterocycles. The molecule has 1 aromatic rings. The minimum atomic E-state index is 0.544. The molecule has 0 aliphatic rings. The highest BCUT2D eigenvalue weighted by molar-refractivity contribution is 5.06. The van der Waals surface area contributed by atoms with E-state index in [1.807, 2.05) is 6.20 Å². The Morgan fingerprint density at radius 3 is 2.64 bits per heavy atom. The number of hydrogen-bond donors (Lipinski definition) is 0. The molecule has 0 radical (unpaired) electrons. The molecule has 1 unspecified atom stereocenters. The molecule has 1 rings (SSSR count). The molecule has 0 amide bonds. The summed E-state index contributed by atoms with van der Waals surface area (Å²) >= 11 is 0. The Bertz CT molecular complexity index is 263. The average molecular weight is 194 g/mol. The number of rotatable bonds is 5. The third-order valence-corrected chi connectivity index (χ3v) is 2.69. The van der Waals surface area contributed by atoms with Crippen LogP contribution in [-0.4, -0.2) is 9.78 Å². The standard InChI is InChI=1S/C12H22N2/c1-5-6-7-11(4)14-12(10(2)3)8-9-13-14/h8-11H,5-7H2,1-4H3. The quantitative estimate of drug-likeness (QED) is 0.698. The van der Waals surface area contributed by atoms with E-state index in [1.54, 1.807) is 0 Å². The largest absolute Gasteiger partial charge is 0.267 e. The van der Waals surface area contributed by atoms with Gasteiger partial charge in [-0.3, -0.25) is 4.68 Å². The lowest BCUT2D eigenvalue weighted by Gasteiger charge is -2.17. The third kappa shape index (κ3) is 2.60. The molecule has 0 aromatic carbocycles. The number of hydrogen-bond acceptors (Lipinski definition) is 1. The molecule has 0 spiro atoms. The molecular formula is C12H22N2. The van der Waals surface area contributed by atoms with Crippen LogP contribution in [0, 0.1) is 0 Å². The third-order valence-electron chi connectivity index (χ3n) is 2.69. The van der Waals surface area contributed by atoms with Crippen LogP contribution in [0.3, 0.4) is 0 Å². The molecule has 1 aromatic heterocycles. The van der Waals surface area contributed by atoms with Gasteiger partial charge in [-0.05, 0) is 25.3 Å². The second kappa shape index (κ2) is 5.18. The van der Waals surface area contributed by atoms with Crippen LogP contribution in [0.15, 0.2) is 12.3 Å². The van der Waals surface area contributed by atoms with E-state index in [-0.39, 0.29) is 0 Å². The Morgan fingerprint density at radius 2 is 2.07 bits per heavy atom. The molecule has 0 N–H and O–H groups in total. The molecular weight excluding hydrogens is 172 g/mol. The second-order valence-corrected chi connectivity index (χ2v) is 4.35. The van der Waals surface area contributed by atoms with Crippen molar-refractivity contribution in [2.45, 2.75) is 58.9 Å². The SMILES string of the molecule is CCCCC(C)n1nccc1C(C)C. The zero-order chi connectivity index (χ0) is 10.6. The lowest BCUT2D eigenvalue weighted by Crippen LogP contribution is -2.11. The van der Waals surface area contributed by atoms with Gasteiger partial charge in [-0.1, -0.05) is 33.6 Å². The fourth-order valence-corrected chi connectivity index (χ4v) is 1.77. The molecule has 1 atom stereocenters. The van der Waals surface area contributed by atoms with Crippen molar-refractivity contribution in [1.29, 1.82) is 0 Å². The Kier molecular flexibility index (Phi) is 4.18. The van der Waals surface area contributed by atoms with Crippen molar-refractivity contribution >= 4 is 0 Å². The zero-order valence-electron chi connectivity index (χ0n) is 9.83. The minimum absolute atomic E-state index is 0.544. The molecule has 0 fully saturated rings. The molecule has 1 heterocycles. The maximum atomic E-state index is 4.41. The monoisotopic (exact) mass is 194 g/mol. The summed E-state index contributed by atoms with van der Waals surface area (Å²) in [7, 11) is 0. The van der Waals surface area contributed by atoms with E-state index >= 15 is 0 Å². The number of unbranched alkanes of at least 4 members (excludes halogenated alkanes) is 1. The van der Waals surface area contributed by atoms with E-state index in [9.17, 15) is 0 Å². The van der Waals surface area contributed by atoms with Gasteiger partial charge in [0.05, 0.1) is 0 Å². The van der Waals surface area contributed by atoms with E-state index in [1.165, 1.54) is 25.0 Å². The van der Waals surface area contributed by atoms with Gasteiger partial charge in [-0.15, -0.1) is 0 Å². The van der Waals surface area contributed by atoms with Gasteiger partial charge >= 0.3 is 0 Å². The first-order valence-corrected chi connectivity index (χ1v) is 5.70. The highest BCUT2D eigenvalue weighted by atomic mass is 15.3. The number of aromatic nitrogens is 2. The predicted octanol–water partition coefficient (Wildman–Crippen LogP) is 3.76. The Balaban J connectivity index is 2.68. The minimum Gasteiger partial charge on any atom is -0.267 e. The van der Waals surface area contributed by atoms with Crippen LogP contribution in [-0.2, 0) is 0 Å². The van der Waals surface area contributed by atoms with Crippen molar-refractivity contribution in [2.24, 2.45) is 0 Å². The van der Waals surface area contributed by atoms with E-state index in [2.05, 4.69) is 43.5 Å². The first kappa shape index (κ1) is 11.3. The van der Waals surface area contributed by atoms with Gasteiger partial charge in [0.2, 0.25) is 0 Å². The molecule has 14 heavy (non-hydrogen) atoms. The summed E-state index contributed by atoms with van der Waals surface area (Å²) in [5.74, 6) is 0.571. The summed E-state index contributed by atoms with van der Waals surface area (Å²) in [6.07, 6.45) is 5.71. The van der Waals surface area contributed by atoms with Crippen LogP contribution >= 0.6 is 0 Å². The van der Waals surface area contributed by atoms with Gasteiger partial charge in [0.15, 0.2) is 0 Å². The lowest BCUT2D eigenvalue weighted by atomic mass is 10.1. The first-order valence-electron chi connectivity index (χ1n) is 5.70. The van der Waals surface area contributed by atoms with Gasteiger partial charge in [0, 0.05) is 17.9 Å². The van der Waals surface area contributed by atoms with Crippen molar-refractivity contribution in [3.63, 3.8) is 0 Å². The summed E-state index contributed by atoms with van der Waals surface area (Å²) in [6, 6.07) is 2.68. The zero-order valence-corrected chi connectivity index (χ0v) is 9.83. The van der Waals surface area contributed by atoms with Crippen LogP contribution in [0.4, 0.5) is 0 Å². The lowest BCUT2D eigenvalue weighted by molar-refractivity contribution is 0.424. The molecule has 2 nitrogen and oxygen atoms in total. The molecule has 80 valence electrons. The normalized spacial score (nSPS) is 13.5. The molecule has 0 bridgehead atoms. The second-order valence-electron chi connectivity index (χ2n) is 4.35. The Hall–Kier alpha value is -0.790. The summed E-state index contributed by atoms with van der Waals surface area (Å²) in [5, 5.41) is 4.41. The van der Waals surface area contributed by atoms with Gasteiger partial charge in [0.1, 0.15) is 0 Å². The highest BCUT2D eigenvalue weighted by Gasteiger charge is 2.11. The van der Waals surface area contributed by atoms with E-state index in [0.717, 1.165) is 0 Å². The summed E-state index contributed by atoms with van der Waals surface area (Å²) in [6.45, 7) is 8.94. The van der Waals surface area contributed by atoms with Crippen LogP contribution < -0.4 is 0 Å². The predicted molar refractivity (Wildman–Crippen MR) is 60.6 cm³/mol. The number of nitrogens with zero attached hydrogens (tertiary/aromatic N) is 2. The van der Waals surface area contributed by atoms with E-state index in [4.69, 9.17) is 0 Å². The average Bonchev–Trinajstić information content (AvgIpc) is 2.62. The Morgan fingerprint density at radius 1 is 1.36 bits per heavy atom. The topological polar surface area (TPSA) is 17.8 Å². The summed E-state index contributed by atoms with van der Waals surface area (Å²) in [4.78, 5) is 0. The maximum Gasteiger partial charge on any atom is 0.0494 e. The maximum absolute atomic E-state index is 4.41. The van der Waals surface area contributed by atoms with Crippen LogP contribution in [0.2, 0.25) is 0 Å². The van der Waals surface area contributed by atoms with Crippen LogP contribution in [0.25, 0.3) is 0 Å². The van der Waals surface area contributed by atoms with Gasteiger partial charge < -0.3 is 0 Å². The van der Waals surface area contributed by atoms with Gasteiger partial charge in [0.25, 0.3) is 0 Å². The highest BCUT2D eigenvalue weighted by Crippen LogP contribution is 2.20. The summed E-state index contributed by atoms with van der Waals surface area (Å²) < 4.78 is 2.18. The van der Waals surface area contributed by atoms with Crippen molar-refractivity contribution in [2.75, 3.05) is 0 Å². The van der Waals surface area contributed by atoms with E-state index in [0.29, 0.717) is 12.0 Å². The van der Waals surface area contributed by atoms with E-state index < -0.39 is 0 Å². The van der Waals surface area contributed by atoms with Crippen molar-refractivity contribution < 1.29 is 0 Å². The fraction of sp³-hybridized carbons (Fsp3) is 0.750. The first-order chi connectivity index (χ1) is 6.66. The van der Waals surface area contributed by atoms with Crippen LogP contribution in [0.5, 0.6) is 0 Å².